The summed E-state index contributed by atoms with van der Waals surface area (Å²) < 4.78 is 5.66. The largest absolute Gasteiger partial charge is 0.474 e. The summed E-state index contributed by atoms with van der Waals surface area (Å²) in [5, 5.41) is 9.20. The molecule has 5 nitrogen and oxygen atoms in total. The minimum atomic E-state index is -0.374. The van der Waals surface area contributed by atoms with Crippen molar-refractivity contribution in [3.63, 3.8) is 0 Å². The minimum Gasteiger partial charge on any atom is -0.474 e. The van der Waals surface area contributed by atoms with E-state index < -0.39 is 0 Å². The topological polar surface area (TPSA) is 62.7 Å². The first-order chi connectivity index (χ1) is 8.72. The maximum Gasteiger partial charge on any atom is 0.254 e. The number of nitrogens with zero attached hydrogens (tertiary/aromatic N) is 2. The van der Waals surface area contributed by atoms with Gasteiger partial charge in [-0.2, -0.15) is 0 Å². The van der Waals surface area contributed by atoms with E-state index in [1.54, 1.807) is 23.2 Å². The van der Waals surface area contributed by atoms with Gasteiger partial charge in [0.25, 0.3) is 5.91 Å². The van der Waals surface area contributed by atoms with Crippen molar-refractivity contribution >= 4 is 5.91 Å². The predicted molar refractivity (Wildman–Crippen MR) is 64.4 cm³/mol. The van der Waals surface area contributed by atoms with Gasteiger partial charge in [-0.25, -0.2) is 4.98 Å². The fourth-order valence-corrected chi connectivity index (χ4v) is 2.07. The number of rotatable bonds is 3. The van der Waals surface area contributed by atoms with Gasteiger partial charge in [0.15, 0.2) is 0 Å². The van der Waals surface area contributed by atoms with Crippen LogP contribution in [0.4, 0.5) is 0 Å². The molecular weight excluding hydrogens is 232 g/mol. The molecule has 0 bridgehead atoms. The molecule has 0 spiro atoms. The SMILES string of the molecule is O=C(c1ccnc(OC2CCC2)c1)N1CC(O)C1. The molecule has 1 aliphatic carbocycles. The number of amides is 1. The molecule has 18 heavy (non-hydrogen) atoms. The lowest BCUT2D eigenvalue weighted by Gasteiger charge is -2.35. The number of pyridine rings is 1. The number of carbonyl (C=O) groups excluding carboxylic acids is 1. The van der Waals surface area contributed by atoms with Crippen LogP contribution in [0.2, 0.25) is 0 Å². The van der Waals surface area contributed by atoms with Crippen molar-refractivity contribution in [3.05, 3.63) is 23.9 Å². The lowest BCUT2D eigenvalue weighted by atomic mass is 9.96. The maximum absolute atomic E-state index is 12.0. The standard InChI is InChI=1S/C13H16N2O3/c16-10-7-15(8-10)13(17)9-4-5-14-12(6-9)18-11-2-1-3-11/h4-6,10-11,16H,1-3,7-8H2. The third-order valence-electron chi connectivity index (χ3n) is 3.47. The Labute approximate surface area is 105 Å². The molecule has 1 aromatic heterocycles. The molecule has 3 rings (SSSR count). The number of likely N-dealkylation sites (tertiary alicyclic amines) is 1. The Balaban J connectivity index is 1.67. The first kappa shape index (κ1) is 11.5. The number of β-amino-alcohol motifs (C(OH)–C–C–N with tert-alkyl or cyclic N) is 1. The van der Waals surface area contributed by atoms with Gasteiger partial charge in [0.2, 0.25) is 5.88 Å². The fraction of sp³-hybridized carbons (Fsp3) is 0.538. The highest BCUT2D eigenvalue weighted by molar-refractivity contribution is 5.95. The number of hydrogen-bond donors (Lipinski definition) is 1. The van der Waals surface area contributed by atoms with E-state index in [0.29, 0.717) is 24.5 Å². The molecule has 1 aliphatic heterocycles. The van der Waals surface area contributed by atoms with Crippen molar-refractivity contribution in [2.24, 2.45) is 0 Å². The van der Waals surface area contributed by atoms with Gasteiger partial charge in [0.1, 0.15) is 6.10 Å². The molecule has 1 saturated carbocycles. The second-order valence-electron chi connectivity index (χ2n) is 4.92. The average molecular weight is 248 g/mol. The average Bonchev–Trinajstić information content (AvgIpc) is 2.29. The Hall–Kier alpha value is -1.62. The van der Waals surface area contributed by atoms with E-state index in [4.69, 9.17) is 4.74 Å². The van der Waals surface area contributed by atoms with Gasteiger partial charge in [-0.1, -0.05) is 0 Å². The lowest BCUT2D eigenvalue weighted by molar-refractivity contribution is 0.00583. The molecule has 2 fully saturated rings. The Morgan fingerprint density at radius 3 is 2.83 bits per heavy atom. The fourth-order valence-electron chi connectivity index (χ4n) is 2.07. The smallest absolute Gasteiger partial charge is 0.254 e. The molecule has 0 atom stereocenters. The van der Waals surface area contributed by atoms with Crippen molar-refractivity contribution in [3.8, 4) is 5.88 Å². The quantitative estimate of drug-likeness (QED) is 0.860. The zero-order valence-electron chi connectivity index (χ0n) is 10.1. The Morgan fingerprint density at radius 1 is 1.44 bits per heavy atom. The van der Waals surface area contributed by atoms with Gasteiger partial charge in [-0.3, -0.25) is 4.79 Å². The summed E-state index contributed by atoms with van der Waals surface area (Å²) in [7, 11) is 0. The number of aromatic nitrogens is 1. The van der Waals surface area contributed by atoms with Gasteiger partial charge < -0.3 is 14.7 Å². The maximum atomic E-state index is 12.0. The monoisotopic (exact) mass is 248 g/mol. The van der Waals surface area contributed by atoms with Gasteiger partial charge in [-0.15, -0.1) is 0 Å². The van der Waals surface area contributed by atoms with E-state index in [1.807, 2.05) is 0 Å². The van der Waals surface area contributed by atoms with Crippen LogP contribution in [-0.4, -0.2) is 46.2 Å². The molecule has 0 radical (unpaired) electrons. The molecule has 0 unspecified atom stereocenters. The van der Waals surface area contributed by atoms with Crippen molar-refractivity contribution in [2.75, 3.05) is 13.1 Å². The third kappa shape index (κ3) is 2.18. The van der Waals surface area contributed by atoms with Gasteiger partial charge in [0, 0.05) is 30.9 Å². The van der Waals surface area contributed by atoms with Crippen LogP contribution in [0.3, 0.4) is 0 Å². The van der Waals surface area contributed by atoms with Crippen molar-refractivity contribution in [2.45, 2.75) is 31.5 Å². The van der Waals surface area contributed by atoms with E-state index in [1.165, 1.54) is 6.42 Å². The van der Waals surface area contributed by atoms with E-state index in [-0.39, 0.29) is 18.1 Å². The first-order valence-corrected chi connectivity index (χ1v) is 6.32. The molecule has 96 valence electrons. The van der Waals surface area contributed by atoms with Crippen LogP contribution in [-0.2, 0) is 0 Å². The zero-order chi connectivity index (χ0) is 12.5. The molecule has 5 heteroatoms. The van der Waals surface area contributed by atoms with Crippen LogP contribution in [0.5, 0.6) is 5.88 Å². The first-order valence-electron chi connectivity index (χ1n) is 6.32. The van der Waals surface area contributed by atoms with Crippen LogP contribution in [0.25, 0.3) is 0 Å². The zero-order valence-corrected chi connectivity index (χ0v) is 10.1. The molecule has 1 amide bonds. The van der Waals surface area contributed by atoms with E-state index >= 15 is 0 Å². The summed E-state index contributed by atoms with van der Waals surface area (Å²) in [5.41, 5.74) is 0.575. The highest BCUT2D eigenvalue weighted by atomic mass is 16.5. The van der Waals surface area contributed by atoms with Crippen LogP contribution in [0, 0.1) is 0 Å². The summed E-state index contributed by atoms with van der Waals surface area (Å²) >= 11 is 0. The summed E-state index contributed by atoms with van der Waals surface area (Å²) in [6.07, 6.45) is 4.82. The Morgan fingerprint density at radius 2 is 2.22 bits per heavy atom. The number of carbonyl (C=O) groups is 1. The summed E-state index contributed by atoms with van der Waals surface area (Å²) in [5.74, 6) is 0.452. The number of aliphatic hydroxyl groups is 1. The molecule has 1 N–H and O–H groups in total. The predicted octanol–water partition coefficient (Wildman–Crippen LogP) is 0.830. The van der Waals surface area contributed by atoms with Crippen molar-refractivity contribution in [1.29, 1.82) is 0 Å². The van der Waals surface area contributed by atoms with Gasteiger partial charge in [0.05, 0.1) is 6.10 Å². The van der Waals surface area contributed by atoms with Gasteiger partial charge >= 0.3 is 0 Å². The highest BCUT2D eigenvalue weighted by Gasteiger charge is 2.29. The van der Waals surface area contributed by atoms with E-state index in [2.05, 4.69) is 4.98 Å². The van der Waals surface area contributed by atoms with Crippen LogP contribution < -0.4 is 4.74 Å². The normalized spacial score (nSPS) is 20.2. The molecule has 2 aliphatic rings. The lowest BCUT2D eigenvalue weighted by Crippen LogP contribution is -2.53. The number of ether oxygens (including phenoxy) is 1. The van der Waals surface area contributed by atoms with Crippen LogP contribution in [0.1, 0.15) is 29.6 Å². The highest BCUT2D eigenvalue weighted by Crippen LogP contribution is 2.24. The van der Waals surface area contributed by atoms with E-state index in [0.717, 1.165) is 12.8 Å². The summed E-state index contributed by atoms with van der Waals surface area (Å²) in [6.45, 7) is 0.833. The molecule has 1 aromatic rings. The third-order valence-corrected chi connectivity index (χ3v) is 3.47. The van der Waals surface area contributed by atoms with Gasteiger partial charge in [-0.05, 0) is 25.3 Å². The molecular formula is C13H16N2O3. The van der Waals surface area contributed by atoms with Crippen LogP contribution >= 0.6 is 0 Å². The molecule has 1 saturated heterocycles. The van der Waals surface area contributed by atoms with E-state index in [9.17, 15) is 9.90 Å². The second kappa shape index (κ2) is 4.57. The molecule has 0 aromatic carbocycles. The Kier molecular flexibility index (Phi) is 2.91. The van der Waals surface area contributed by atoms with Crippen molar-refractivity contribution in [1.82, 2.24) is 9.88 Å². The molecule has 2 heterocycles. The Bertz CT molecular complexity index is 453. The number of hydrogen-bond acceptors (Lipinski definition) is 4. The second-order valence-corrected chi connectivity index (χ2v) is 4.92. The minimum absolute atomic E-state index is 0.0684. The summed E-state index contributed by atoms with van der Waals surface area (Å²) in [6, 6.07) is 3.37. The number of aliphatic hydroxyl groups excluding tert-OH is 1. The van der Waals surface area contributed by atoms with Crippen LogP contribution in [0.15, 0.2) is 18.3 Å². The van der Waals surface area contributed by atoms with Crippen molar-refractivity contribution < 1.29 is 14.6 Å². The summed E-state index contributed by atoms with van der Waals surface area (Å²) in [4.78, 5) is 17.8.